The second-order valence-electron chi connectivity index (χ2n) is 7.04. The van der Waals surface area contributed by atoms with Crippen molar-refractivity contribution < 1.29 is 18.7 Å². The zero-order valence-electron chi connectivity index (χ0n) is 16.5. The number of amides is 2. The average molecular weight is 405 g/mol. The normalized spacial score (nSPS) is 14.3. The number of ether oxygens (including phenoxy) is 1. The van der Waals surface area contributed by atoms with E-state index in [-0.39, 0.29) is 18.4 Å². The Morgan fingerprint density at radius 1 is 0.900 bits per heavy atom. The van der Waals surface area contributed by atoms with Gasteiger partial charge in [-0.25, -0.2) is 0 Å². The molecule has 7 nitrogen and oxygen atoms in total. The average Bonchev–Trinajstić information content (AvgIpc) is 3.30. The van der Waals surface area contributed by atoms with E-state index in [1.807, 2.05) is 53.4 Å². The second kappa shape index (κ2) is 9.28. The molecule has 2 amide bonds. The van der Waals surface area contributed by atoms with Crippen LogP contribution in [0.1, 0.15) is 10.6 Å². The summed E-state index contributed by atoms with van der Waals surface area (Å²) in [5.74, 6) is 1.53. The molecule has 1 aromatic heterocycles. The fourth-order valence-corrected chi connectivity index (χ4v) is 3.33. The third kappa shape index (κ3) is 5.07. The molecule has 1 saturated heterocycles. The molecule has 0 unspecified atom stereocenters. The Labute approximate surface area is 174 Å². The molecule has 0 atom stereocenters. The number of hydrogen-bond donors (Lipinski definition) is 1. The van der Waals surface area contributed by atoms with Crippen molar-refractivity contribution in [2.75, 3.05) is 38.0 Å². The highest BCUT2D eigenvalue weighted by molar-refractivity contribution is 5.93. The lowest BCUT2D eigenvalue weighted by Crippen LogP contribution is -2.50. The molecule has 0 aliphatic carbocycles. The van der Waals surface area contributed by atoms with Crippen molar-refractivity contribution in [2.24, 2.45) is 0 Å². The third-order valence-electron chi connectivity index (χ3n) is 4.86. The van der Waals surface area contributed by atoms with Gasteiger partial charge in [-0.2, -0.15) is 0 Å². The van der Waals surface area contributed by atoms with E-state index < -0.39 is 0 Å². The number of benzene rings is 2. The van der Waals surface area contributed by atoms with Gasteiger partial charge in [-0.15, -0.1) is 0 Å². The number of carbonyl (C=O) groups is 2. The predicted octanol–water partition coefficient (Wildman–Crippen LogP) is 3.47. The summed E-state index contributed by atoms with van der Waals surface area (Å²) in [7, 11) is 0. The largest absolute Gasteiger partial charge is 0.459 e. The summed E-state index contributed by atoms with van der Waals surface area (Å²) in [6.07, 6.45) is 1.49. The summed E-state index contributed by atoms with van der Waals surface area (Å²) in [6.45, 7) is 2.67. The summed E-state index contributed by atoms with van der Waals surface area (Å²) in [6, 6.07) is 20.2. The molecule has 2 heterocycles. The highest BCUT2D eigenvalue weighted by atomic mass is 16.5. The highest BCUT2D eigenvalue weighted by Crippen LogP contribution is 2.23. The van der Waals surface area contributed by atoms with Gasteiger partial charge in [0.1, 0.15) is 11.5 Å². The molecular formula is C23H23N3O4. The number of anilines is 1. The van der Waals surface area contributed by atoms with Crippen molar-refractivity contribution in [3.8, 4) is 11.5 Å². The van der Waals surface area contributed by atoms with Crippen LogP contribution < -0.4 is 10.1 Å². The summed E-state index contributed by atoms with van der Waals surface area (Å²) < 4.78 is 11.0. The number of hydrogen-bond acceptors (Lipinski definition) is 5. The van der Waals surface area contributed by atoms with Crippen molar-refractivity contribution in [1.29, 1.82) is 0 Å². The molecule has 30 heavy (non-hydrogen) atoms. The van der Waals surface area contributed by atoms with Crippen LogP contribution in [0, 0.1) is 0 Å². The number of carbonyl (C=O) groups excluding carboxylic acids is 2. The van der Waals surface area contributed by atoms with E-state index in [2.05, 4.69) is 5.32 Å². The number of piperazine rings is 1. The first-order chi connectivity index (χ1) is 14.7. The van der Waals surface area contributed by atoms with Crippen molar-refractivity contribution in [2.45, 2.75) is 0 Å². The molecule has 154 valence electrons. The van der Waals surface area contributed by atoms with Crippen LogP contribution in [-0.4, -0.2) is 54.3 Å². The summed E-state index contributed by atoms with van der Waals surface area (Å²) in [4.78, 5) is 28.6. The molecule has 2 aromatic carbocycles. The smallest absolute Gasteiger partial charge is 0.289 e. The SMILES string of the molecule is O=C(CN1CCN(C(=O)c2ccco2)CC1)Nc1cccc(Oc2ccccc2)c1. The number of para-hydroxylation sites is 1. The van der Waals surface area contributed by atoms with E-state index in [0.717, 1.165) is 5.75 Å². The number of rotatable bonds is 6. The molecule has 7 heteroatoms. The summed E-state index contributed by atoms with van der Waals surface area (Å²) in [5.41, 5.74) is 0.681. The number of nitrogens with one attached hydrogen (secondary N) is 1. The monoisotopic (exact) mass is 405 g/mol. The predicted molar refractivity (Wildman–Crippen MR) is 113 cm³/mol. The van der Waals surface area contributed by atoms with Crippen molar-refractivity contribution >= 4 is 17.5 Å². The lowest BCUT2D eigenvalue weighted by molar-refractivity contribution is -0.117. The van der Waals surface area contributed by atoms with E-state index in [1.165, 1.54) is 6.26 Å². The van der Waals surface area contributed by atoms with E-state index >= 15 is 0 Å². The van der Waals surface area contributed by atoms with Crippen molar-refractivity contribution in [3.05, 3.63) is 78.8 Å². The maximum absolute atomic E-state index is 12.5. The topological polar surface area (TPSA) is 75.0 Å². The van der Waals surface area contributed by atoms with Gasteiger partial charge in [0.05, 0.1) is 12.8 Å². The molecule has 1 N–H and O–H groups in total. The zero-order valence-corrected chi connectivity index (χ0v) is 16.5. The van der Waals surface area contributed by atoms with E-state index in [0.29, 0.717) is 43.4 Å². The molecule has 3 aromatic rings. The standard InChI is InChI=1S/C23H23N3O4/c27-22(17-25-11-13-26(14-12-25)23(28)21-10-5-15-29-21)24-18-6-4-9-20(16-18)30-19-7-2-1-3-8-19/h1-10,15-16H,11-14,17H2,(H,24,27). The first kappa shape index (κ1) is 19.7. The van der Waals surface area contributed by atoms with Crippen LogP contribution in [0.3, 0.4) is 0 Å². The minimum absolute atomic E-state index is 0.0994. The Hall–Kier alpha value is -3.58. The van der Waals surface area contributed by atoms with Crippen LogP contribution in [0.5, 0.6) is 11.5 Å². The molecule has 0 saturated carbocycles. The summed E-state index contributed by atoms with van der Waals surface area (Å²) in [5, 5.41) is 2.92. The Bertz CT molecular complexity index is 981. The Balaban J connectivity index is 1.26. The van der Waals surface area contributed by atoms with Gasteiger partial charge in [0.2, 0.25) is 5.91 Å². The molecule has 4 rings (SSSR count). The fourth-order valence-electron chi connectivity index (χ4n) is 3.33. The molecular weight excluding hydrogens is 382 g/mol. The van der Waals surface area contributed by atoms with Gasteiger partial charge in [0, 0.05) is 37.9 Å². The number of furan rings is 1. The van der Waals surface area contributed by atoms with Crippen LogP contribution in [0.15, 0.2) is 77.4 Å². The lowest BCUT2D eigenvalue weighted by atomic mass is 10.2. The number of nitrogens with zero attached hydrogens (tertiary/aromatic N) is 2. The molecule has 1 aliphatic rings. The molecule has 0 radical (unpaired) electrons. The van der Waals surface area contributed by atoms with Gasteiger partial charge in [-0.1, -0.05) is 24.3 Å². The van der Waals surface area contributed by atoms with Gasteiger partial charge in [-0.05, 0) is 36.4 Å². The first-order valence-corrected chi connectivity index (χ1v) is 9.85. The zero-order chi connectivity index (χ0) is 20.8. The van der Waals surface area contributed by atoms with Crippen LogP contribution >= 0.6 is 0 Å². The molecule has 0 spiro atoms. The quantitative estimate of drug-likeness (QED) is 0.680. The van der Waals surface area contributed by atoms with Crippen LogP contribution in [-0.2, 0) is 4.79 Å². The highest BCUT2D eigenvalue weighted by Gasteiger charge is 2.24. The van der Waals surface area contributed by atoms with Gasteiger partial charge >= 0.3 is 0 Å². The van der Waals surface area contributed by atoms with Crippen molar-refractivity contribution in [3.63, 3.8) is 0 Å². The first-order valence-electron chi connectivity index (χ1n) is 9.85. The van der Waals surface area contributed by atoms with Gasteiger partial charge < -0.3 is 19.4 Å². The van der Waals surface area contributed by atoms with E-state index in [1.54, 1.807) is 23.1 Å². The minimum Gasteiger partial charge on any atom is -0.459 e. The maximum Gasteiger partial charge on any atom is 0.289 e. The van der Waals surface area contributed by atoms with Gasteiger partial charge in [0.15, 0.2) is 5.76 Å². The summed E-state index contributed by atoms with van der Waals surface area (Å²) >= 11 is 0. The van der Waals surface area contributed by atoms with Crippen LogP contribution in [0.25, 0.3) is 0 Å². The molecule has 0 bridgehead atoms. The third-order valence-corrected chi connectivity index (χ3v) is 4.86. The van der Waals surface area contributed by atoms with E-state index in [4.69, 9.17) is 9.15 Å². The van der Waals surface area contributed by atoms with Gasteiger partial charge in [0.25, 0.3) is 5.91 Å². The lowest BCUT2D eigenvalue weighted by Gasteiger charge is -2.33. The molecule has 1 fully saturated rings. The maximum atomic E-state index is 12.5. The van der Waals surface area contributed by atoms with Gasteiger partial charge in [-0.3, -0.25) is 14.5 Å². The Morgan fingerprint density at radius 3 is 2.40 bits per heavy atom. The van der Waals surface area contributed by atoms with Crippen LogP contribution in [0.2, 0.25) is 0 Å². The second-order valence-corrected chi connectivity index (χ2v) is 7.04. The minimum atomic E-state index is -0.112. The van der Waals surface area contributed by atoms with Crippen molar-refractivity contribution in [1.82, 2.24) is 9.80 Å². The Morgan fingerprint density at radius 2 is 1.67 bits per heavy atom. The molecule has 1 aliphatic heterocycles. The van der Waals surface area contributed by atoms with E-state index in [9.17, 15) is 9.59 Å². The fraction of sp³-hybridized carbons (Fsp3) is 0.217. The van der Waals surface area contributed by atoms with Crippen LogP contribution in [0.4, 0.5) is 5.69 Å². The Kier molecular flexibility index (Phi) is 6.10.